The number of aromatic hydroxyl groups is 1. The van der Waals surface area contributed by atoms with Crippen LogP contribution >= 0.6 is 27.5 Å². The van der Waals surface area contributed by atoms with E-state index in [4.69, 9.17) is 11.6 Å². The first-order valence-electron chi connectivity index (χ1n) is 6.09. The van der Waals surface area contributed by atoms with Gasteiger partial charge in [-0.2, -0.15) is 5.10 Å². The van der Waals surface area contributed by atoms with Crippen LogP contribution in [0.2, 0.25) is 5.02 Å². The van der Waals surface area contributed by atoms with Crippen molar-refractivity contribution in [3.05, 3.63) is 39.1 Å². The van der Waals surface area contributed by atoms with Gasteiger partial charge >= 0.3 is 0 Å². The van der Waals surface area contributed by atoms with Gasteiger partial charge in [0.2, 0.25) is 5.91 Å². The third-order valence-electron chi connectivity index (χ3n) is 2.89. The SMILES string of the molecule is Cc1c(Br)c(C(F)F)nn1CC(=O)Nc1cc(Cl)ccc1O. The highest BCUT2D eigenvalue weighted by Crippen LogP contribution is 2.29. The van der Waals surface area contributed by atoms with Gasteiger partial charge in [-0.05, 0) is 41.1 Å². The summed E-state index contributed by atoms with van der Waals surface area (Å²) in [7, 11) is 0. The number of carbonyl (C=O) groups excluding carboxylic acids is 1. The highest BCUT2D eigenvalue weighted by Gasteiger charge is 2.21. The van der Waals surface area contributed by atoms with Gasteiger partial charge in [-0.25, -0.2) is 8.78 Å². The van der Waals surface area contributed by atoms with Crippen molar-refractivity contribution in [2.45, 2.75) is 19.9 Å². The number of nitrogens with zero attached hydrogens (tertiary/aromatic N) is 2. The van der Waals surface area contributed by atoms with Gasteiger partial charge in [0.25, 0.3) is 6.43 Å². The van der Waals surface area contributed by atoms with Crippen LogP contribution in [0, 0.1) is 6.92 Å². The van der Waals surface area contributed by atoms with E-state index in [1.807, 2.05) is 0 Å². The number of alkyl halides is 2. The maximum atomic E-state index is 12.7. The van der Waals surface area contributed by atoms with Crippen LogP contribution in [0.15, 0.2) is 22.7 Å². The van der Waals surface area contributed by atoms with Crippen molar-refractivity contribution in [2.24, 2.45) is 0 Å². The molecule has 0 fully saturated rings. The Hall–Kier alpha value is -1.67. The average Bonchev–Trinajstić information content (AvgIpc) is 2.71. The van der Waals surface area contributed by atoms with Gasteiger partial charge in [0, 0.05) is 5.02 Å². The molecule has 2 aromatic rings. The van der Waals surface area contributed by atoms with Gasteiger partial charge in [-0.1, -0.05) is 11.6 Å². The molecule has 0 bridgehead atoms. The van der Waals surface area contributed by atoms with Crippen LogP contribution < -0.4 is 5.32 Å². The molecule has 0 aliphatic carbocycles. The van der Waals surface area contributed by atoms with Gasteiger partial charge in [0.15, 0.2) is 0 Å². The fraction of sp³-hybridized carbons (Fsp3) is 0.231. The summed E-state index contributed by atoms with van der Waals surface area (Å²) >= 11 is 8.80. The summed E-state index contributed by atoms with van der Waals surface area (Å²) in [5.41, 5.74) is 0.118. The predicted octanol–water partition coefficient (Wildman–Crippen LogP) is 3.89. The number of phenols is 1. The molecule has 0 aliphatic rings. The van der Waals surface area contributed by atoms with E-state index in [1.54, 1.807) is 6.92 Å². The zero-order valence-electron chi connectivity index (χ0n) is 11.3. The highest BCUT2D eigenvalue weighted by molar-refractivity contribution is 9.10. The number of hydrogen-bond acceptors (Lipinski definition) is 3. The minimum absolute atomic E-state index is 0.135. The number of rotatable bonds is 4. The Kier molecular flexibility index (Phi) is 5.02. The molecule has 9 heteroatoms. The second kappa shape index (κ2) is 6.62. The summed E-state index contributed by atoms with van der Waals surface area (Å²) in [4.78, 5) is 12.0. The van der Waals surface area contributed by atoms with E-state index in [9.17, 15) is 18.7 Å². The molecular formula is C13H11BrClF2N3O2. The van der Waals surface area contributed by atoms with E-state index >= 15 is 0 Å². The quantitative estimate of drug-likeness (QED) is 0.773. The van der Waals surface area contributed by atoms with Crippen molar-refractivity contribution >= 4 is 39.1 Å². The molecule has 0 radical (unpaired) electrons. The summed E-state index contributed by atoms with van der Waals surface area (Å²) in [5.74, 6) is -0.680. The van der Waals surface area contributed by atoms with Crippen molar-refractivity contribution in [1.82, 2.24) is 9.78 Å². The minimum atomic E-state index is -2.74. The first-order valence-corrected chi connectivity index (χ1v) is 7.26. The van der Waals surface area contributed by atoms with Crippen LogP contribution in [-0.4, -0.2) is 20.8 Å². The summed E-state index contributed by atoms with van der Waals surface area (Å²) in [6.45, 7) is 1.29. The monoisotopic (exact) mass is 393 g/mol. The second-order valence-electron chi connectivity index (χ2n) is 4.45. The topological polar surface area (TPSA) is 67.2 Å². The number of hydrogen-bond donors (Lipinski definition) is 2. The van der Waals surface area contributed by atoms with Crippen molar-refractivity contribution in [1.29, 1.82) is 0 Å². The minimum Gasteiger partial charge on any atom is -0.506 e. The molecule has 1 heterocycles. The average molecular weight is 395 g/mol. The molecule has 0 atom stereocenters. The molecule has 2 N–H and O–H groups in total. The van der Waals surface area contributed by atoms with Gasteiger partial charge in [-0.3, -0.25) is 9.48 Å². The number of nitrogens with one attached hydrogen (secondary N) is 1. The lowest BCUT2D eigenvalue weighted by Crippen LogP contribution is -2.20. The lowest BCUT2D eigenvalue weighted by molar-refractivity contribution is -0.117. The van der Waals surface area contributed by atoms with Crippen molar-refractivity contribution in [3.8, 4) is 5.75 Å². The molecule has 2 rings (SSSR count). The van der Waals surface area contributed by atoms with E-state index in [-0.39, 0.29) is 22.5 Å². The summed E-state index contributed by atoms with van der Waals surface area (Å²) in [6.07, 6.45) is -2.74. The first kappa shape index (κ1) is 16.7. The predicted molar refractivity (Wildman–Crippen MR) is 81.4 cm³/mol. The standard InChI is InChI=1S/C13H11BrClF2N3O2/c1-6-11(14)12(13(16)17)19-20(6)5-10(22)18-8-4-7(15)2-3-9(8)21/h2-4,13,21H,5H2,1H3,(H,18,22). The Bertz CT molecular complexity index is 722. The van der Waals surface area contributed by atoms with E-state index in [0.717, 1.165) is 4.68 Å². The Morgan fingerprint density at radius 1 is 1.55 bits per heavy atom. The molecule has 0 aliphatic heterocycles. The van der Waals surface area contributed by atoms with E-state index in [0.29, 0.717) is 10.7 Å². The number of benzene rings is 1. The molecule has 118 valence electrons. The summed E-state index contributed by atoms with van der Waals surface area (Å²) in [5, 5.41) is 16.1. The van der Waals surface area contributed by atoms with E-state index < -0.39 is 18.0 Å². The van der Waals surface area contributed by atoms with Crippen LogP contribution in [0.1, 0.15) is 17.8 Å². The molecule has 1 aromatic heterocycles. The molecule has 1 amide bonds. The Morgan fingerprint density at radius 2 is 2.23 bits per heavy atom. The molecule has 5 nitrogen and oxygen atoms in total. The highest BCUT2D eigenvalue weighted by atomic mass is 79.9. The number of carbonyl (C=O) groups is 1. The smallest absolute Gasteiger partial charge is 0.283 e. The molecule has 0 saturated carbocycles. The lowest BCUT2D eigenvalue weighted by atomic mass is 10.3. The molecular weight excluding hydrogens is 384 g/mol. The van der Waals surface area contributed by atoms with Crippen LogP contribution in [-0.2, 0) is 11.3 Å². The van der Waals surface area contributed by atoms with E-state index in [2.05, 4.69) is 26.3 Å². The third kappa shape index (κ3) is 3.56. The number of amides is 1. The molecule has 1 aromatic carbocycles. The summed E-state index contributed by atoms with van der Waals surface area (Å²) in [6, 6.07) is 4.18. The number of anilines is 1. The molecule has 0 unspecified atom stereocenters. The first-order chi connectivity index (χ1) is 10.3. The number of aromatic nitrogens is 2. The van der Waals surface area contributed by atoms with Gasteiger partial charge in [0.1, 0.15) is 18.0 Å². The van der Waals surface area contributed by atoms with Crippen LogP contribution in [0.4, 0.5) is 14.5 Å². The van der Waals surface area contributed by atoms with Crippen LogP contribution in [0.3, 0.4) is 0 Å². The fourth-order valence-electron chi connectivity index (χ4n) is 1.78. The van der Waals surface area contributed by atoms with Crippen molar-refractivity contribution in [2.75, 3.05) is 5.32 Å². The Balaban J connectivity index is 2.16. The third-order valence-corrected chi connectivity index (χ3v) is 4.11. The van der Waals surface area contributed by atoms with Gasteiger partial charge < -0.3 is 10.4 Å². The summed E-state index contributed by atoms with van der Waals surface area (Å²) < 4.78 is 26.8. The Morgan fingerprint density at radius 3 is 2.82 bits per heavy atom. The second-order valence-corrected chi connectivity index (χ2v) is 5.68. The van der Waals surface area contributed by atoms with Gasteiger partial charge in [-0.15, -0.1) is 0 Å². The van der Waals surface area contributed by atoms with Crippen molar-refractivity contribution < 1.29 is 18.7 Å². The maximum Gasteiger partial charge on any atom is 0.283 e. The molecule has 0 saturated heterocycles. The number of halogens is 4. The Labute approximate surface area is 138 Å². The van der Waals surface area contributed by atoms with Crippen molar-refractivity contribution in [3.63, 3.8) is 0 Å². The van der Waals surface area contributed by atoms with Gasteiger partial charge in [0.05, 0.1) is 15.9 Å². The largest absolute Gasteiger partial charge is 0.506 e. The van der Waals surface area contributed by atoms with Crippen LogP contribution in [0.5, 0.6) is 5.75 Å². The lowest BCUT2D eigenvalue weighted by Gasteiger charge is -2.08. The molecule has 22 heavy (non-hydrogen) atoms. The fourth-order valence-corrected chi connectivity index (χ4v) is 2.40. The zero-order valence-corrected chi connectivity index (χ0v) is 13.6. The maximum absolute atomic E-state index is 12.7. The number of phenolic OH excluding ortho intramolecular Hbond substituents is 1. The van der Waals surface area contributed by atoms with Crippen LogP contribution in [0.25, 0.3) is 0 Å². The normalized spacial score (nSPS) is 11.0. The molecule has 0 spiro atoms. The zero-order chi connectivity index (χ0) is 16.4. The van der Waals surface area contributed by atoms with E-state index in [1.165, 1.54) is 18.2 Å².